The smallest absolute Gasteiger partial charge is 0.350 e. The number of imide groups is 1. The Morgan fingerprint density at radius 3 is 2.24 bits per heavy atom. The quantitative estimate of drug-likeness (QED) is 0.742. The van der Waals surface area contributed by atoms with Gasteiger partial charge in [-0.2, -0.15) is 13.2 Å². The summed E-state index contributed by atoms with van der Waals surface area (Å²) in [6.07, 6.45) is -4.16. The van der Waals surface area contributed by atoms with E-state index in [0.717, 1.165) is 17.0 Å². The topological polar surface area (TPSA) is 66.5 Å². The summed E-state index contributed by atoms with van der Waals surface area (Å²) in [5.74, 6) is -1.14. The van der Waals surface area contributed by atoms with Crippen molar-refractivity contribution in [3.63, 3.8) is 0 Å². The number of carbonyl (C=O) groups is 3. The molecule has 8 heteroatoms. The van der Waals surface area contributed by atoms with Gasteiger partial charge in [-0.05, 0) is 43.2 Å². The highest BCUT2D eigenvalue weighted by Gasteiger charge is 2.34. The zero-order valence-corrected chi connectivity index (χ0v) is 15.6. The predicted molar refractivity (Wildman–Crippen MR) is 99.0 cm³/mol. The Balaban J connectivity index is 1.52. The molecule has 1 heterocycles. The standard InChI is InChI=1S/C21H19F3N2O3/c1-13(14-6-4-7-15(12-14)21(22,23)24)25-18(27)10-5-11-26-19(28)16-8-2-3-9-17(16)20(26)29/h2-4,6-9,12-13H,5,10-11H2,1H3,(H,25,27). The van der Waals surface area contributed by atoms with Crippen molar-refractivity contribution in [1.82, 2.24) is 10.2 Å². The van der Waals surface area contributed by atoms with Gasteiger partial charge < -0.3 is 5.32 Å². The first kappa shape index (κ1) is 20.6. The molecule has 2 aromatic carbocycles. The van der Waals surface area contributed by atoms with E-state index in [2.05, 4.69) is 5.32 Å². The molecule has 0 aliphatic carbocycles. The molecular weight excluding hydrogens is 385 g/mol. The lowest BCUT2D eigenvalue weighted by Crippen LogP contribution is -2.32. The molecule has 0 bridgehead atoms. The van der Waals surface area contributed by atoms with Crippen molar-refractivity contribution in [3.05, 3.63) is 70.8 Å². The molecule has 0 saturated heterocycles. The number of alkyl halides is 3. The fourth-order valence-electron chi connectivity index (χ4n) is 3.22. The van der Waals surface area contributed by atoms with Crippen LogP contribution in [0.5, 0.6) is 0 Å². The summed E-state index contributed by atoms with van der Waals surface area (Å²) in [6.45, 7) is 1.69. The van der Waals surface area contributed by atoms with Crippen LogP contribution in [0.2, 0.25) is 0 Å². The van der Waals surface area contributed by atoms with Crippen LogP contribution in [0.25, 0.3) is 0 Å². The van der Waals surface area contributed by atoms with E-state index >= 15 is 0 Å². The minimum absolute atomic E-state index is 0.0384. The molecule has 2 aromatic rings. The first-order valence-corrected chi connectivity index (χ1v) is 9.10. The Morgan fingerprint density at radius 2 is 1.66 bits per heavy atom. The molecule has 5 nitrogen and oxygen atoms in total. The summed E-state index contributed by atoms with van der Waals surface area (Å²) >= 11 is 0. The summed E-state index contributed by atoms with van der Waals surface area (Å²) < 4.78 is 38.5. The van der Waals surface area contributed by atoms with Gasteiger partial charge in [-0.1, -0.05) is 24.3 Å². The Hall–Kier alpha value is -3.16. The third-order valence-electron chi connectivity index (χ3n) is 4.76. The minimum Gasteiger partial charge on any atom is -0.350 e. The zero-order chi connectivity index (χ0) is 21.2. The number of hydrogen-bond acceptors (Lipinski definition) is 3. The molecule has 1 aliphatic rings. The molecule has 0 aromatic heterocycles. The van der Waals surface area contributed by atoms with Gasteiger partial charge in [0.25, 0.3) is 11.8 Å². The van der Waals surface area contributed by atoms with E-state index in [4.69, 9.17) is 0 Å². The molecule has 0 radical (unpaired) electrons. The number of nitrogens with zero attached hydrogens (tertiary/aromatic N) is 1. The molecule has 152 valence electrons. The fourth-order valence-corrected chi connectivity index (χ4v) is 3.22. The molecule has 1 aliphatic heterocycles. The number of nitrogens with one attached hydrogen (secondary N) is 1. The van der Waals surface area contributed by atoms with Gasteiger partial charge in [-0.25, -0.2) is 0 Å². The highest BCUT2D eigenvalue weighted by Crippen LogP contribution is 2.30. The van der Waals surface area contributed by atoms with Gasteiger partial charge in [0.2, 0.25) is 5.91 Å². The van der Waals surface area contributed by atoms with Crippen molar-refractivity contribution in [3.8, 4) is 0 Å². The number of hydrogen-bond donors (Lipinski definition) is 1. The average Bonchev–Trinajstić information content (AvgIpc) is 2.92. The molecule has 1 unspecified atom stereocenters. The molecular formula is C21H19F3N2O3. The van der Waals surface area contributed by atoms with Crippen molar-refractivity contribution < 1.29 is 27.6 Å². The van der Waals surface area contributed by atoms with E-state index in [0.29, 0.717) is 16.7 Å². The Kier molecular flexibility index (Phi) is 5.72. The third kappa shape index (κ3) is 4.47. The van der Waals surface area contributed by atoms with Gasteiger partial charge in [-0.15, -0.1) is 0 Å². The van der Waals surface area contributed by atoms with Crippen molar-refractivity contribution in [2.24, 2.45) is 0 Å². The number of halogens is 3. The summed E-state index contributed by atoms with van der Waals surface area (Å²) in [5, 5.41) is 2.65. The van der Waals surface area contributed by atoms with E-state index in [1.54, 1.807) is 31.2 Å². The van der Waals surface area contributed by atoms with Gasteiger partial charge in [0, 0.05) is 13.0 Å². The lowest BCUT2D eigenvalue weighted by atomic mass is 10.0. The lowest BCUT2D eigenvalue weighted by molar-refractivity contribution is -0.137. The van der Waals surface area contributed by atoms with E-state index in [-0.39, 0.29) is 37.1 Å². The lowest BCUT2D eigenvalue weighted by Gasteiger charge is -2.17. The summed E-state index contributed by atoms with van der Waals surface area (Å²) in [4.78, 5) is 37.8. The van der Waals surface area contributed by atoms with Crippen LogP contribution in [0, 0.1) is 0 Å². The van der Waals surface area contributed by atoms with Crippen LogP contribution < -0.4 is 5.32 Å². The van der Waals surface area contributed by atoms with Crippen molar-refractivity contribution >= 4 is 17.7 Å². The molecule has 1 N–H and O–H groups in total. The predicted octanol–water partition coefficient (Wildman–Crippen LogP) is 3.96. The molecule has 1 atom stereocenters. The monoisotopic (exact) mass is 404 g/mol. The van der Waals surface area contributed by atoms with Gasteiger partial charge in [0.05, 0.1) is 22.7 Å². The molecule has 0 fully saturated rings. The highest BCUT2D eigenvalue weighted by atomic mass is 19.4. The van der Waals surface area contributed by atoms with Gasteiger partial charge in [0.15, 0.2) is 0 Å². The van der Waals surface area contributed by atoms with Gasteiger partial charge in [-0.3, -0.25) is 19.3 Å². The van der Waals surface area contributed by atoms with Crippen LogP contribution in [0.4, 0.5) is 13.2 Å². The van der Waals surface area contributed by atoms with Gasteiger partial charge >= 0.3 is 6.18 Å². The van der Waals surface area contributed by atoms with Crippen LogP contribution in [0.1, 0.15) is 57.7 Å². The first-order chi connectivity index (χ1) is 13.7. The molecule has 29 heavy (non-hydrogen) atoms. The van der Waals surface area contributed by atoms with E-state index in [1.165, 1.54) is 12.1 Å². The number of rotatable bonds is 6. The van der Waals surface area contributed by atoms with E-state index in [1.807, 2.05) is 0 Å². The maximum absolute atomic E-state index is 12.8. The van der Waals surface area contributed by atoms with Crippen LogP contribution in [0.3, 0.4) is 0 Å². The Labute approximate surface area is 165 Å². The zero-order valence-electron chi connectivity index (χ0n) is 15.6. The number of benzene rings is 2. The minimum atomic E-state index is -4.45. The van der Waals surface area contributed by atoms with Crippen LogP contribution in [-0.4, -0.2) is 29.2 Å². The molecule has 3 amide bonds. The van der Waals surface area contributed by atoms with Crippen LogP contribution in [-0.2, 0) is 11.0 Å². The molecule has 3 rings (SSSR count). The Morgan fingerprint density at radius 1 is 1.03 bits per heavy atom. The van der Waals surface area contributed by atoms with Crippen molar-refractivity contribution in [2.45, 2.75) is 32.0 Å². The maximum atomic E-state index is 12.8. The van der Waals surface area contributed by atoms with Crippen molar-refractivity contribution in [2.75, 3.05) is 6.54 Å². The summed E-state index contributed by atoms with van der Waals surface area (Å²) in [5.41, 5.74) is 0.260. The summed E-state index contributed by atoms with van der Waals surface area (Å²) in [6, 6.07) is 10.7. The summed E-state index contributed by atoms with van der Waals surface area (Å²) in [7, 11) is 0. The van der Waals surface area contributed by atoms with E-state index < -0.39 is 17.8 Å². The van der Waals surface area contributed by atoms with E-state index in [9.17, 15) is 27.6 Å². The largest absolute Gasteiger partial charge is 0.416 e. The average molecular weight is 404 g/mol. The number of amides is 3. The van der Waals surface area contributed by atoms with Crippen LogP contribution in [0.15, 0.2) is 48.5 Å². The maximum Gasteiger partial charge on any atom is 0.416 e. The second kappa shape index (κ2) is 8.06. The number of carbonyl (C=O) groups excluding carboxylic acids is 3. The fraction of sp³-hybridized carbons (Fsp3) is 0.286. The second-order valence-corrected chi connectivity index (χ2v) is 6.82. The number of fused-ring (bicyclic) bond motifs is 1. The normalized spacial score (nSPS) is 14.7. The van der Waals surface area contributed by atoms with Gasteiger partial charge in [0.1, 0.15) is 0 Å². The highest BCUT2D eigenvalue weighted by molar-refractivity contribution is 6.21. The Bertz CT molecular complexity index is 921. The third-order valence-corrected chi connectivity index (χ3v) is 4.76. The molecule has 0 saturated carbocycles. The first-order valence-electron chi connectivity index (χ1n) is 9.10. The second-order valence-electron chi connectivity index (χ2n) is 6.82. The molecule has 0 spiro atoms. The SMILES string of the molecule is CC(NC(=O)CCCN1C(=O)c2ccccc2C1=O)c1cccc(C(F)(F)F)c1. The van der Waals surface area contributed by atoms with Crippen LogP contribution >= 0.6 is 0 Å². The van der Waals surface area contributed by atoms with Crippen molar-refractivity contribution in [1.29, 1.82) is 0 Å².